The molecule has 1 fully saturated rings. The Kier molecular flexibility index (Phi) is 3.59. The highest BCUT2D eigenvalue weighted by Gasteiger charge is 2.17. The number of thiazole rings is 1. The van der Waals surface area contributed by atoms with Crippen molar-refractivity contribution in [2.24, 2.45) is 5.92 Å². The summed E-state index contributed by atoms with van der Waals surface area (Å²) >= 11 is 3.73. The van der Waals surface area contributed by atoms with Gasteiger partial charge in [-0.1, -0.05) is 0 Å². The number of carbonyl (C=O) groups excluding carboxylic acids is 1. The van der Waals surface area contributed by atoms with Crippen LogP contribution >= 0.6 is 23.1 Å². The number of aromatic nitrogens is 1. The van der Waals surface area contributed by atoms with Gasteiger partial charge in [0.2, 0.25) is 0 Å². The lowest BCUT2D eigenvalue weighted by molar-refractivity contribution is -0.107. The van der Waals surface area contributed by atoms with Crippen molar-refractivity contribution < 1.29 is 4.79 Å². The summed E-state index contributed by atoms with van der Waals surface area (Å²) in [5, 5.41) is 1.20. The summed E-state index contributed by atoms with van der Waals surface area (Å²) in [6, 6.07) is 0. The van der Waals surface area contributed by atoms with Crippen LogP contribution < -0.4 is 0 Å². The summed E-state index contributed by atoms with van der Waals surface area (Å²) in [4.78, 5) is 15.8. The number of rotatable bonds is 4. The zero-order valence-electron chi connectivity index (χ0n) is 7.94. The molecule has 0 amide bonds. The number of thioether (sulfide) groups is 1. The van der Waals surface area contributed by atoms with Gasteiger partial charge in [-0.3, -0.25) is 0 Å². The van der Waals surface area contributed by atoms with E-state index in [4.69, 9.17) is 0 Å². The van der Waals surface area contributed by atoms with E-state index in [9.17, 15) is 4.79 Å². The Bertz CT molecular complexity index is 305. The van der Waals surface area contributed by atoms with Gasteiger partial charge in [0.25, 0.3) is 0 Å². The minimum atomic E-state index is 0.525. The topological polar surface area (TPSA) is 30.0 Å². The molecular formula is C10H13NOS2. The van der Waals surface area contributed by atoms with Gasteiger partial charge in [0, 0.05) is 23.9 Å². The van der Waals surface area contributed by atoms with Crippen molar-refractivity contribution in [2.45, 2.75) is 19.3 Å². The quantitative estimate of drug-likeness (QED) is 0.739. The lowest BCUT2D eigenvalue weighted by Crippen LogP contribution is -2.01. The summed E-state index contributed by atoms with van der Waals surface area (Å²) in [7, 11) is 0. The molecule has 1 aliphatic heterocycles. The largest absolute Gasteiger partial charge is 0.303 e. The molecule has 1 saturated heterocycles. The number of hydrogen-bond acceptors (Lipinski definition) is 4. The summed E-state index contributed by atoms with van der Waals surface area (Å²) < 4.78 is 0. The third-order valence-electron chi connectivity index (χ3n) is 2.37. The first kappa shape index (κ1) is 10.2. The van der Waals surface area contributed by atoms with Crippen LogP contribution in [0.25, 0.3) is 0 Å². The number of hydrogen-bond donors (Lipinski definition) is 0. The zero-order chi connectivity index (χ0) is 9.80. The highest BCUT2D eigenvalue weighted by molar-refractivity contribution is 7.99. The molecule has 76 valence electrons. The number of aldehydes is 1. The molecule has 4 heteroatoms. The average molecular weight is 227 g/mol. The second kappa shape index (κ2) is 4.94. The fourth-order valence-corrected chi connectivity index (χ4v) is 3.88. The van der Waals surface area contributed by atoms with Gasteiger partial charge in [0.15, 0.2) is 0 Å². The number of carbonyl (C=O) groups is 1. The van der Waals surface area contributed by atoms with E-state index in [2.05, 4.69) is 4.98 Å². The smallest absolute Gasteiger partial charge is 0.125 e. The SMILES string of the molecule is O=CCc1cnc(CC2CCSC2)s1. The Labute approximate surface area is 92.1 Å². The first-order valence-electron chi connectivity index (χ1n) is 4.83. The average Bonchev–Trinajstić information content (AvgIpc) is 2.79. The van der Waals surface area contributed by atoms with Crippen LogP contribution in [-0.2, 0) is 17.6 Å². The molecular weight excluding hydrogens is 214 g/mol. The molecule has 1 aromatic heterocycles. The van der Waals surface area contributed by atoms with Crippen molar-refractivity contribution >= 4 is 29.4 Å². The van der Waals surface area contributed by atoms with Crippen LogP contribution in [0.1, 0.15) is 16.3 Å². The second-order valence-electron chi connectivity index (χ2n) is 3.52. The molecule has 0 N–H and O–H groups in total. The van der Waals surface area contributed by atoms with Gasteiger partial charge in [-0.15, -0.1) is 11.3 Å². The van der Waals surface area contributed by atoms with Gasteiger partial charge < -0.3 is 4.79 Å². The van der Waals surface area contributed by atoms with Gasteiger partial charge in [-0.05, 0) is 23.8 Å². The molecule has 1 aliphatic rings. The maximum absolute atomic E-state index is 10.3. The van der Waals surface area contributed by atoms with Crippen molar-refractivity contribution in [3.63, 3.8) is 0 Å². The molecule has 1 atom stereocenters. The Morgan fingerprint density at radius 3 is 3.29 bits per heavy atom. The van der Waals surface area contributed by atoms with E-state index in [1.807, 2.05) is 18.0 Å². The van der Waals surface area contributed by atoms with Crippen molar-refractivity contribution in [1.82, 2.24) is 4.98 Å². The van der Waals surface area contributed by atoms with Crippen LogP contribution in [0.5, 0.6) is 0 Å². The van der Waals surface area contributed by atoms with Crippen LogP contribution in [0, 0.1) is 5.92 Å². The Balaban J connectivity index is 1.91. The van der Waals surface area contributed by atoms with Crippen molar-refractivity contribution in [1.29, 1.82) is 0 Å². The van der Waals surface area contributed by atoms with Crippen LogP contribution in [-0.4, -0.2) is 22.8 Å². The van der Waals surface area contributed by atoms with E-state index in [0.717, 1.165) is 23.5 Å². The molecule has 14 heavy (non-hydrogen) atoms. The van der Waals surface area contributed by atoms with Crippen molar-refractivity contribution in [3.05, 3.63) is 16.1 Å². The van der Waals surface area contributed by atoms with Crippen LogP contribution in [0.3, 0.4) is 0 Å². The predicted octanol–water partition coefficient (Wildman–Crippen LogP) is 2.18. The van der Waals surface area contributed by atoms with Crippen LogP contribution in [0.2, 0.25) is 0 Å². The fourth-order valence-electron chi connectivity index (χ4n) is 1.61. The van der Waals surface area contributed by atoms with E-state index < -0.39 is 0 Å². The molecule has 2 nitrogen and oxygen atoms in total. The lowest BCUT2D eigenvalue weighted by Gasteiger charge is -2.03. The molecule has 2 rings (SSSR count). The maximum Gasteiger partial charge on any atom is 0.125 e. The normalized spacial score (nSPS) is 21.3. The third kappa shape index (κ3) is 2.58. The molecule has 0 saturated carbocycles. The Hall–Kier alpha value is -0.350. The van der Waals surface area contributed by atoms with Gasteiger partial charge >= 0.3 is 0 Å². The third-order valence-corrected chi connectivity index (χ3v) is 4.65. The van der Waals surface area contributed by atoms with Gasteiger partial charge in [-0.2, -0.15) is 11.8 Å². The molecule has 0 radical (unpaired) electrons. The minimum Gasteiger partial charge on any atom is -0.303 e. The monoisotopic (exact) mass is 227 g/mol. The Morgan fingerprint density at radius 2 is 2.57 bits per heavy atom. The molecule has 0 aromatic carbocycles. The van der Waals surface area contributed by atoms with E-state index in [1.165, 1.54) is 22.9 Å². The summed E-state index contributed by atoms with van der Waals surface area (Å²) in [5.41, 5.74) is 0. The molecule has 0 bridgehead atoms. The molecule has 1 aromatic rings. The molecule has 1 unspecified atom stereocenters. The van der Waals surface area contributed by atoms with E-state index in [1.54, 1.807) is 11.3 Å². The van der Waals surface area contributed by atoms with Gasteiger partial charge in [0.1, 0.15) is 6.29 Å². The van der Waals surface area contributed by atoms with E-state index in [-0.39, 0.29) is 0 Å². The highest BCUT2D eigenvalue weighted by atomic mass is 32.2. The first-order valence-corrected chi connectivity index (χ1v) is 6.80. The number of nitrogens with zero attached hydrogens (tertiary/aromatic N) is 1. The van der Waals surface area contributed by atoms with Crippen LogP contribution in [0.4, 0.5) is 0 Å². The van der Waals surface area contributed by atoms with Crippen molar-refractivity contribution in [2.75, 3.05) is 11.5 Å². The molecule has 2 heterocycles. The van der Waals surface area contributed by atoms with E-state index in [0.29, 0.717) is 6.42 Å². The zero-order valence-corrected chi connectivity index (χ0v) is 9.57. The first-order chi connectivity index (χ1) is 6.88. The highest BCUT2D eigenvalue weighted by Crippen LogP contribution is 2.27. The lowest BCUT2D eigenvalue weighted by atomic mass is 10.1. The molecule has 0 aliphatic carbocycles. The fraction of sp³-hybridized carbons (Fsp3) is 0.600. The minimum absolute atomic E-state index is 0.525. The van der Waals surface area contributed by atoms with Gasteiger partial charge in [-0.25, -0.2) is 4.98 Å². The standard InChI is InChI=1S/C10H13NOS2/c12-3-1-9-6-11-10(14-9)5-8-2-4-13-7-8/h3,6,8H,1-2,4-5,7H2. The summed E-state index contributed by atoms with van der Waals surface area (Å²) in [5.74, 6) is 3.40. The summed E-state index contributed by atoms with van der Waals surface area (Å²) in [6.45, 7) is 0. The maximum atomic E-state index is 10.3. The van der Waals surface area contributed by atoms with Crippen molar-refractivity contribution in [3.8, 4) is 0 Å². The van der Waals surface area contributed by atoms with Gasteiger partial charge in [0.05, 0.1) is 5.01 Å². The predicted molar refractivity (Wildman–Crippen MR) is 61.0 cm³/mol. The molecule has 0 spiro atoms. The summed E-state index contributed by atoms with van der Waals surface area (Å²) in [6.07, 6.45) is 5.75. The van der Waals surface area contributed by atoms with E-state index >= 15 is 0 Å². The van der Waals surface area contributed by atoms with Crippen LogP contribution in [0.15, 0.2) is 6.20 Å². The second-order valence-corrected chi connectivity index (χ2v) is 5.87. The Morgan fingerprint density at radius 1 is 1.64 bits per heavy atom.